The van der Waals surface area contributed by atoms with Gasteiger partial charge >= 0.3 is 0 Å². The summed E-state index contributed by atoms with van der Waals surface area (Å²) < 4.78 is 63.3. The lowest BCUT2D eigenvalue weighted by Gasteiger charge is -2.11. The minimum atomic E-state index is -4.06. The van der Waals surface area contributed by atoms with Crippen molar-refractivity contribution in [3.63, 3.8) is 0 Å². The largest absolute Gasteiger partial charge is 0.277 e. The summed E-state index contributed by atoms with van der Waals surface area (Å²) in [5.41, 5.74) is 1.75. The maximum Gasteiger partial charge on any atom is 0.261 e. The number of aryl methyl sites for hydroxylation is 2. The van der Waals surface area contributed by atoms with Crippen LogP contribution in [0, 0.1) is 5.82 Å². The van der Waals surface area contributed by atoms with Gasteiger partial charge in [-0.1, -0.05) is 6.07 Å². The monoisotopic (exact) mass is 370 g/mol. The molecule has 0 aromatic heterocycles. The lowest BCUT2D eigenvalue weighted by Crippen LogP contribution is -2.16. The number of rotatable bonds is 4. The van der Waals surface area contributed by atoms with Crippen LogP contribution in [0.3, 0.4) is 0 Å². The van der Waals surface area contributed by atoms with Crippen molar-refractivity contribution in [2.24, 2.45) is 5.14 Å². The summed E-state index contributed by atoms with van der Waals surface area (Å²) >= 11 is 0. The van der Waals surface area contributed by atoms with Crippen molar-refractivity contribution >= 4 is 25.7 Å². The highest BCUT2D eigenvalue weighted by Gasteiger charge is 2.20. The molecule has 0 radical (unpaired) electrons. The van der Waals surface area contributed by atoms with Gasteiger partial charge < -0.3 is 0 Å². The van der Waals surface area contributed by atoms with E-state index in [0.717, 1.165) is 42.5 Å². The topological polar surface area (TPSA) is 106 Å². The van der Waals surface area contributed by atoms with Gasteiger partial charge in [0.25, 0.3) is 10.0 Å². The molecule has 24 heavy (non-hydrogen) atoms. The van der Waals surface area contributed by atoms with Gasteiger partial charge in [-0.15, -0.1) is 0 Å². The molecule has 2 aromatic carbocycles. The van der Waals surface area contributed by atoms with Gasteiger partial charge in [0.1, 0.15) is 5.82 Å². The molecule has 0 spiro atoms. The fraction of sp³-hybridized carbons (Fsp3) is 0.200. The fourth-order valence-corrected chi connectivity index (χ4v) is 4.32. The highest BCUT2D eigenvalue weighted by molar-refractivity contribution is 7.92. The minimum Gasteiger partial charge on any atom is -0.277 e. The number of fused-ring (bicyclic) bond motifs is 1. The van der Waals surface area contributed by atoms with Crippen LogP contribution in [0.5, 0.6) is 0 Å². The normalized spacial score (nSPS) is 14.4. The maximum atomic E-state index is 14.0. The zero-order valence-corrected chi connectivity index (χ0v) is 14.1. The number of nitrogens with one attached hydrogen (secondary N) is 1. The Kier molecular flexibility index (Phi) is 4.10. The highest BCUT2D eigenvalue weighted by Crippen LogP contribution is 2.27. The highest BCUT2D eigenvalue weighted by atomic mass is 32.2. The lowest BCUT2D eigenvalue weighted by atomic mass is 10.1. The molecular weight excluding hydrogens is 355 g/mol. The zero-order chi connectivity index (χ0) is 17.5. The maximum absolute atomic E-state index is 14.0. The number of nitrogens with two attached hydrogens (primary N) is 1. The van der Waals surface area contributed by atoms with Crippen molar-refractivity contribution in [3.8, 4) is 0 Å². The molecular formula is C15H15FN2O4S2. The molecule has 6 nitrogen and oxygen atoms in total. The van der Waals surface area contributed by atoms with Gasteiger partial charge in [0.05, 0.1) is 15.5 Å². The van der Waals surface area contributed by atoms with Gasteiger partial charge in [-0.05, 0) is 60.7 Å². The minimum absolute atomic E-state index is 0.0399. The first-order valence-electron chi connectivity index (χ1n) is 7.14. The smallest absolute Gasteiger partial charge is 0.261 e. The average molecular weight is 370 g/mol. The summed E-state index contributed by atoms with van der Waals surface area (Å²) in [6.45, 7) is 0. The molecule has 0 saturated carbocycles. The molecule has 0 bridgehead atoms. The van der Waals surface area contributed by atoms with Crippen LogP contribution in [0.25, 0.3) is 0 Å². The van der Waals surface area contributed by atoms with E-state index in [4.69, 9.17) is 5.14 Å². The van der Waals surface area contributed by atoms with Gasteiger partial charge in [-0.3, -0.25) is 4.72 Å². The van der Waals surface area contributed by atoms with Crippen molar-refractivity contribution in [2.45, 2.75) is 29.1 Å². The van der Waals surface area contributed by atoms with E-state index in [1.807, 2.05) is 0 Å². The molecule has 0 fully saturated rings. The molecule has 0 heterocycles. The third kappa shape index (κ3) is 3.28. The summed E-state index contributed by atoms with van der Waals surface area (Å²) in [6, 6.07) is 7.57. The molecule has 0 saturated heterocycles. The second kappa shape index (κ2) is 5.83. The Morgan fingerprint density at radius 3 is 2.25 bits per heavy atom. The number of halogens is 1. The Labute approximate surface area is 139 Å². The first-order chi connectivity index (χ1) is 11.2. The lowest BCUT2D eigenvalue weighted by molar-refractivity contribution is 0.592. The third-order valence-corrected chi connectivity index (χ3v) is 6.17. The summed E-state index contributed by atoms with van der Waals surface area (Å²) in [5, 5.41) is 4.91. The molecule has 0 atom stereocenters. The molecule has 128 valence electrons. The van der Waals surface area contributed by atoms with Crippen molar-refractivity contribution in [1.29, 1.82) is 0 Å². The van der Waals surface area contributed by atoms with Crippen LogP contribution in [0.2, 0.25) is 0 Å². The Bertz CT molecular complexity index is 1020. The molecule has 0 aliphatic heterocycles. The Morgan fingerprint density at radius 2 is 1.58 bits per heavy atom. The zero-order valence-electron chi connectivity index (χ0n) is 12.5. The second-order valence-corrected chi connectivity index (χ2v) is 8.82. The van der Waals surface area contributed by atoms with Crippen LogP contribution in [0.1, 0.15) is 17.5 Å². The molecule has 1 aliphatic carbocycles. The molecule has 0 amide bonds. The van der Waals surface area contributed by atoms with E-state index in [1.165, 1.54) is 6.07 Å². The van der Waals surface area contributed by atoms with E-state index in [1.54, 1.807) is 12.1 Å². The van der Waals surface area contributed by atoms with Crippen LogP contribution in [-0.4, -0.2) is 16.8 Å². The van der Waals surface area contributed by atoms with E-state index in [0.29, 0.717) is 6.07 Å². The molecule has 2 aromatic rings. The molecule has 9 heteroatoms. The van der Waals surface area contributed by atoms with Crippen molar-refractivity contribution < 1.29 is 21.2 Å². The predicted octanol–water partition coefficient (Wildman–Crippen LogP) is 1.76. The number of anilines is 1. The summed E-state index contributed by atoms with van der Waals surface area (Å²) in [7, 11) is -8.04. The van der Waals surface area contributed by atoms with E-state index in [9.17, 15) is 21.2 Å². The standard InChI is InChI=1S/C15H15FN2O4S2/c16-14-9-12(23(17,19)20)6-7-15(14)18-24(21,22)13-5-4-10-2-1-3-11(10)8-13/h4-9,18H,1-3H2,(H2,17,19,20). The Hall–Kier alpha value is -1.97. The summed E-state index contributed by atoms with van der Waals surface area (Å²) in [5.74, 6) is -1.02. The predicted molar refractivity (Wildman–Crippen MR) is 87.0 cm³/mol. The number of sulfonamides is 2. The van der Waals surface area contributed by atoms with Gasteiger partial charge in [-0.25, -0.2) is 26.4 Å². The number of primary sulfonamides is 1. The van der Waals surface area contributed by atoms with Gasteiger partial charge in [0.2, 0.25) is 10.0 Å². The van der Waals surface area contributed by atoms with Crippen LogP contribution in [0.15, 0.2) is 46.2 Å². The first kappa shape index (κ1) is 16.9. The number of hydrogen-bond donors (Lipinski definition) is 2. The first-order valence-corrected chi connectivity index (χ1v) is 10.2. The van der Waals surface area contributed by atoms with Crippen molar-refractivity contribution in [2.75, 3.05) is 4.72 Å². The van der Waals surface area contributed by atoms with Crippen LogP contribution >= 0.6 is 0 Å². The average Bonchev–Trinajstić information content (AvgIpc) is 2.95. The van der Waals surface area contributed by atoms with Crippen LogP contribution in [-0.2, 0) is 32.9 Å². The van der Waals surface area contributed by atoms with Crippen LogP contribution < -0.4 is 9.86 Å². The van der Waals surface area contributed by atoms with Crippen LogP contribution in [0.4, 0.5) is 10.1 Å². The van der Waals surface area contributed by atoms with Crippen molar-refractivity contribution in [3.05, 3.63) is 53.3 Å². The van der Waals surface area contributed by atoms with E-state index in [-0.39, 0.29) is 10.6 Å². The van der Waals surface area contributed by atoms with E-state index in [2.05, 4.69) is 4.72 Å². The van der Waals surface area contributed by atoms with Gasteiger partial charge in [0, 0.05) is 0 Å². The summed E-state index contributed by atoms with van der Waals surface area (Å²) in [6.07, 6.45) is 2.72. The SMILES string of the molecule is NS(=O)(=O)c1ccc(NS(=O)(=O)c2ccc3c(c2)CCC3)c(F)c1. The number of hydrogen-bond acceptors (Lipinski definition) is 4. The Morgan fingerprint density at radius 1 is 0.917 bits per heavy atom. The molecule has 3 N–H and O–H groups in total. The third-order valence-electron chi connectivity index (χ3n) is 3.89. The molecule has 0 unspecified atom stereocenters. The molecule has 1 aliphatic rings. The second-order valence-electron chi connectivity index (χ2n) is 5.58. The van der Waals surface area contributed by atoms with E-state index < -0.39 is 30.8 Å². The van der Waals surface area contributed by atoms with Gasteiger partial charge in [0.15, 0.2) is 0 Å². The molecule has 3 rings (SSSR count). The van der Waals surface area contributed by atoms with Gasteiger partial charge in [-0.2, -0.15) is 0 Å². The number of benzene rings is 2. The van der Waals surface area contributed by atoms with Crippen molar-refractivity contribution in [1.82, 2.24) is 0 Å². The quantitative estimate of drug-likeness (QED) is 0.855. The van der Waals surface area contributed by atoms with E-state index >= 15 is 0 Å². The Balaban J connectivity index is 1.92. The summed E-state index contributed by atoms with van der Waals surface area (Å²) in [4.78, 5) is -0.390. The fourth-order valence-electron chi connectivity index (χ4n) is 2.67.